The van der Waals surface area contributed by atoms with Gasteiger partial charge in [-0.1, -0.05) is 20.8 Å². The van der Waals surface area contributed by atoms with Crippen LogP contribution in [-0.4, -0.2) is 30.2 Å². The van der Waals surface area contributed by atoms with Gasteiger partial charge in [0, 0.05) is 23.9 Å². The van der Waals surface area contributed by atoms with E-state index in [1.165, 1.54) is 19.3 Å². The van der Waals surface area contributed by atoms with Crippen molar-refractivity contribution in [2.75, 3.05) is 13.1 Å². The van der Waals surface area contributed by atoms with E-state index in [2.05, 4.69) is 20.8 Å². The van der Waals surface area contributed by atoms with E-state index in [0.717, 1.165) is 19.0 Å². The Hall–Kier alpha value is -0.730. The molecule has 2 aliphatic rings. The quantitative estimate of drug-likeness (QED) is 0.768. The summed E-state index contributed by atoms with van der Waals surface area (Å²) in [5.41, 5.74) is 0.340. The van der Waals surface area contributed by atoms with Crippen LogP contribution in [0.2, 0.25) is 0 Å². The highest BCUT2D eigenvalue weighted by atomic mass is 16.6. The fourth-order valence-corrected chi connectivity index (χ4v) is 4.21. The average molecular weight is 253 g/mol. The lowest BCUT2D eigenvalue weighted by Gasteiger charge is -2.42. The zero-order valence-electron chi connectivity index (χ0n) is 12.5. The highest BCUT2D eigenvalue weighted by Gasteiger charge is 2.61. The van der Waals surface area contributed by atoms with Gasteiger partial charge < -0.3 is 9.64 Å². The number of fused-ring (bicyclic) bond motifs is 2. The monoisotopic (exact) mass is 253 g/mol. The third-order valence-electron chi connectivity index (χ3n) is 5.38. The average Bonchev–Trinajstić information content (AvgIpc) is 2.77. The van der Waals surface area contributed by atoms with Gasteiger partial charge in [-0.05, 0) is 39.0 Å². The molecule has 0 radical (unpaired) electrons. The first kappa shape index (κ1) is 13.7. The molecule has 2 rings (SSSR count). The van der Waals surface area contributed by atoms with E-state index in [0.29, 0.717) is 0 Å². The van der Waals surface area contributed by atoms with E-state index in [1.54, 1.807) is 4.90 Å². The first-order valence-corrected chi connectivity index (χ1v) is 7.30. The summed E-state index contributed by atoms with van der Waals surface area (Å²) < 4.78 is 5.89. The molecule has 2 bridgehead atoms. The van der Waals surface area contributed by atoms with E-state index >= 15 is 0 Å². The van der Waals surface area contributed by atoms with Crippen LogP contribution in [-0.2, 0) is 4.74 Å². The number of amides is 1. The molecule has 3 nitrogen and oxygen atoms in total. The van der Waals surface area contributed by atoms with Crippen LogP contribution in [0.25, 0.3) is 0 Å². The van der Waals surface area contributed by atoms with Crippen LogP contribution >= 0.6 is 0 Å². The lowest BCUT2D eigenvalue weighted by Crippen LogP contribution is -2.46. The molecule has 0 spiro atoms. The van der Waals surface area contributed by atoms with Crippen molar-refractivity contribution in [1.82, 2.24) is 4.90 Å². The molecule has 2 aliphatic carbocycles. The van der Waals surface area contributed by atoms with Gasteiger partial charge in [-0.25, -0.2) is 4.79 Å². The lowest BCUT2D eigenvalue weighted by atomic mass is 9.70. The molecule has 104 valence electrons. The summed E-state index contributed by atoms with van der Waals surface area (Å²) in [6.07, 6.45) is 3.67. The van der Waals surface area contributed by atoms with Crippen LogP contribution in [0.3, 0.4) is 0 Å². The van der Waals surface area contributed by atoms with Crippen LogP contribution in [0.5, 0.6) is 0 Å². The first-order chi connectivity index (χ1) is 8.35. The molecule has 18 heavy (non-hydrogen) atoms. The molecule has 0 aromatic carbocycles. The number of hydrogen-bond acceptors (Lipinski definition) is 2. The van der Waals surface area contributed by atoms with Crippen LogP contribution in [0, 0.1) is 16.7 Å². The summed E-state index contributed by atoms with van der Waals surface area (Å²) in [4.78, 5) is 13.9. The fraction of sp³-hybridized carbons (Fsp3) is 0.933. The maximum atomic E-state index is 12.2. The molecule has 3 heteroatoms. The van der Waals surface area contributed by atoms with Gasteiger partial charge in [0.05, 0.1) is 0 Å². The van der Waals surface area contributed by atoms with E-state index in [4.69, 9.17) is 4.74 Å². The number of carbonyl (C=O) groups excluding carboxylic acids is 1. The summed E-state index contributed by atoms with van der Waals surface area (Å²) in [7, 11) is 0. The Labute approximate surface area is 111 Å². The maximum absolute atomic E-state index is 12.2. The van der Waals surface area contributed by atoms with Gasteiger partial charge in [0.15, 0.2) is 0 Å². The van der Waals surface area contributed by atoms with Gasteiger partial charge in [-0.15, -0.1) is 0 Å². The summed E-state index contributed by atoms with van der Waals surface area (Å²) in [6, 6.07) is 0. The lowest BCUT2D eigenvalue weighted by molar-refractivity contribution is -0.0566. The van der Waals surface area contributed by atoms with Gasteiger partial charge in [0.2, 0.25) is 0 Å². The molecular formula is C15H27NO2. The normalized spacial score (nSPS) is 36.7. The van der Waals surface area contributed by atoms with Gasteiger partial charge in [0.25, 0.3) is 0 Å². The molecule has 2 fully saturated rings. The van der Waals surface area contributed by atoms with E-state index in [9.17, 15) is 4.79 Å². The molecule has 0 aromatic heterocycles. The molecule has 0 saturated heterocycles. The zero-order valence-corrected chi connectivity index (χ0v) is 12.5. The van der Waals surface area contributed by atoms with Crippen molar-refractivity contribution < 1.29 is 9.53 Å². The Morgan fingerprint density at radius 1 is 1.28 bits per heavy atom. The smallest absolute Gasteiger partial charge is 0.410 e. The van der Waals surface area contributed by atoms with Crippen LogP contribution < -0.4 is 0 Å². The van der Waals surface area contributed by atoms with Crippen LogP contribution in [0.15, 0.2) is 0 Å². The van der Waals surface area contributed by atoms with Gasteiger partial charge >= 0.3 is 6.09 Å². The number of ether oxygens (including phenoxy) is 1. The van der Waals surface area contributed by atoms with E-state index in [1.807, 2.05) is 13.8 Å². The predicted molar refractivity (Wildman–Crippen MR) is 72.4 cm³/mol. The predicted octanol–water partition coefficient (Wildman–Crippen LogP) is 3.68. The molecule has 2 saturated carbocycles. The molecular weight excluding hydrogens is 226 g/mol. The van der Waals surface area contributed by atoms with Crippen molar-refractivity contribution in [3.8, 4) is 0 Å². The third kappa shape index (κ3) is 1.92. The number of nitrogens with zero attached hydrogens (tertiary/aromatic N) is 1. The second-order valence-electron chi connectivity index (χ2n) is 6.85. The van der Waals surface area contributed by atoms with Crippen molar-refractivity contribution in [2.45, 2.75) is 60.0 Å². The van der Waals surface area contributed by atoms with Gasteiger partial charge in [-0.3, -0.25) is 0 Å². The Morgan fingerprint density at radius 3 is 2.33 bits per heavy atom. The minimum absolute atomic E-state index is 0.0804. The highest BCUT2D eigenvalue weighted by Crippen LogP contribution is 2.63. The van der Waals surface area contributed by atoms with E-state index in [-0.39, 0.29) is 23.0 Å². The van der Waals surface area contributed by atoms with Gasteiger partial charge in [-0.2, -0.15) is 0 Å². The molecule has 0 N–H and O–H groups in total. The molecule has 1 amide bonds. The third-order valence-corrected chi connectivity index (χ3v) is 5.38. The zero-order chi connectivity index (χ0) is 13.6. The van der Waals surface area contributed by atoms with Crippen molar-refractivity contribution >= 4 is 6.09 Å². The molecule has 0 aromatic rings. The van der Waals surface area contributed by atoms with Gasteiger partial charge in [0.1, 0.15) is 6.10 Å². The minimum Gasteiger partial charge on any atom is -0.445 e. The van der Waals surface area contributed by atoms with Crippen LogP contribution in [0.4, 0.5) is 4.79 Å². The summed E-state index contributed by atoms with van der Waals surface area (Å²) >= 11 is 0. The minimum atomic E-state index is -0.133. The van der Waals surface area contributed by atoms with Crippen LogP contribution in [0.1, 0.15) is 53.9 Å². The second-order valence-corrected chi connectivity index (χ2v) is 6.85. The molecule has 0 unspecified atom stereocenters. The van der Waals surface area contributed by atoms with Crippen molar-refractivity contribution in [3.05, 3.63) is 0 Å². The van der Waals surface area contributed by atoms with Crippen molar-refractivity contribution in [1.29, 1.82) is 0 Å². The number of carbonyl (C=O) groups is 1. The van der Waals surface area contributed by atoms with Crippen molar-refractivity contribution in [2.24, 2.45) is 16.7 Å². The number of rotatable bonds is 3. The standard InChI is InChI=1S/C15H27NO2/c1-6-16(7-2)13(17)18-12-14(3,4)11-8-9-15(12,5)10-11/h11-12H,6-10H2,1-5H3/t11-,12+,15-/m1/s1. The van der Waals surface area contributed by atoms with E-state index < -0.39 is 0 Å². The topological polar surface area (TPSA) is 29.5 Å². The highest BCUT2D eigenvalue weighted by molar-refractivity contribution is 5.68. The largest absolute Gasteiger partial charge is 0.445 e. The summed E-state index contributed by atoms with van der Waals surface area (Å²) in [5.74, 6) is 0.719. The first-order valence-electron chi connectivity index (χ1n) is 7.30. The second kappa shape index (κ2) is 4.43. The molecule has 3 atom stereocenters. The summed E-state index contributed by atoms with van der Waals surface area (Å²) in [6.45, 7) is 12.3. The SMILES string of the molecule is CCN(CC)C(=O)O[C@H]1C(C)(C)[C@@H]2CC[C@]1(C)C2. The van der Waals surface area contributed by atoms with Crippen molar-refractivity contribution in [3.63, 3.8) is 0 Å². The maximum Gasteiger partial charge on any atom is 0.410 e. The summed E-state index contributed by atoms with van der Waals surface area (Å²) in [5, 5.41) is 0. The Bertz CT molecular complexity index is 331. The Morgan fingerprint density at radius 2 is 1.89 bits per heavy atom. The fourth-order valence-electron chi connectivity index (χ4n) is 4.21. The Balaban J connectivity index is 2.11. The Kier molecular flexibility index (Phi) is 3.37. The molecule has 0 heterocycles. The number of hydrogen-bond donors (Lipinski definition) is 0. The molecule has 0 aliphatic heterocycles.